The van der Waals surface area contributed by atoms with Gasteiger partial charge in [-0.3, -0.25) is 19.2 Å². The van der Waals surface area contributed by atoms with E-state index in [0.29, 0.717) is 33.9 Å². The van der Waals surface area contributed by atoms with Crippen molar-refractivity contribution in [2.75, 3.05) is 24.2 Å². The van der Waals surface area contributed by atoms with Gasteiger partial charge in [0.05, 0.1) is 24.1 Å². The second-order valence-electron chi connectivity index (χ2n) is 9.96. The Morgan fingerprint density at radius 1 is 1.34 bits per heavy atom. The summed E-state index contributed by atoms with van der Waals surface area (Å²) in [5.41, 5.74) is 2.62. The van der Waals surface area contributed by atoms with E-state index in [2.05, 4.69) is 22.3 Å². The summed E-state index contributed by atoms with van der Waals surface area (Å²) in [6.45, 7) is 8.81. The average Bonchev–Trinajstić information content (AvgIpc) is 3.53. The van der Waals surface area contributed by atoms with Crippen molar-refractivity contribution in [2.45, 2.75) is 53.4 Å². The molecule has 2 aliphatic rings. The molecule has 3 heterocycles. The molecule has 0 saturated heterocycles. The minimum atomic E-state index is -0.387. The first kappa shape index (κ1) is 28.1. The fourth-order valence-electron chi connectivity index (χ4n) is 4.64. The van der Waals surface area contributed by atoms with E-state index >= 15 is 0 Å². The van der Waals surface area contributed by atoms with E-state index < -0.39 is 0 Å². The van der Waals surface area contributed by atoms with Crippen LogP contribution in [-0.4, -0.2) is 56.5 Å². The first-order chi connectivity index (χ1) is 18.2. The highest BCUT2D eigenvalue weighted by atomic mass is 32.2. The van der Waals surface area contributed by atoms with E-state index in [1.165, 1.54) is 23.1 Å². The maximum absolute atomic E-state index is 13.1. The molecule has 1 N–H and O–H groups in total. The first-order valence-electron chi connectivity index (χ1n) is 13.0. The number of esters is 1. The van der Waals surface area contributed by atoms with Gasteiger partial charge < -0.3 is 10.1 Å². The van der Waals surface area contributed by atoms with Crippen LogP contribution in [-0.2, 0) is 34.2 Å². The zero-order valence-corrected chi connectivity index (χ0v) is 24.2. The molecular weight excluding hydrogens is 522 g/mol. The van der Waals surface area contributed by atoms with Gasteiger partial charge in [-0.05, 0) is 49.7 Å². The number of amidine groups is 1. The molecule has 4 rings (SSSR count). The molecule has 1 aliphatic heterocycles. The minimum Gasteiger partial charge on any atom is -0.462 e. The van der Waals surface area contributed by atoms with Crippen LogP contribution < -0.4 is 5.32 Å². The summed E-state index contributed by atoms with van der Waals surface area (Å²) in [6.07, 6.45) is 9.06. The fourth-order valence-corrected chi connectivity index (χ4v) is 6.82. The van der Waals surface area contributed by atoms with E-state index in [1.807, 2.05) is 27.1 Å². The average molecular weight is 558 g/mol. The number of amides is 2. The Bertz CT molecular complexity index is 1280. The molecule has 1 atom stereocenters. The molecule has 0 aromatic carbocycles. The molecule has 0 spiro atoms. The SMILES string of the molecule is CCOC(=O)c1c(NC(=O)CSC2=N/C(=C/c3cnn(C)c3)C(=O)N2CC(C)C)sc2c1CC[C@@H](CC)C2. The maximum atomic E-state index is 13.1. The lowest BCUT2D eigenvalue weighted by molar-refractivity contribution is -0.123. The third-order valence-electron chi connectivity index (χ3n) is 6.50. The number of aliphatic imine (C=N–C) groups is 1. The van der Waals surface area contributed by atoms with Crippen molar-refractivity contribution in [3.05, 3.63) is 39.7 Å². The Morgan fingerprint density at radius 3 is 2.79 bits per heavy atom. The van der Waals surface area contributed by atoms with Crippen LogP contribution in [0, 0.1) is 11.8 Å². The summed E-state index contributed by atoms with van der Waals surface area (Å²) in [5.74, 6) is 0.0504. The van der Waals surface area contributed by atoms with Crippen LogP contribution in [0.3, 0.4) is 0 Å². The molecule has 1 aliphatic carbocycles. The number of nitrogens with one attached hydrogen (secondary N) is 1. The molecule has 0 fully saturated rings. The summed E-state index contributed by atoms with van der Waals surface area (Å²) in [5, 5.41) is 8.15. The van der Waals surface area contributed by atoms with Crippen LogP contribution >= 0.6 is 23.1 Å². The number of rotatable bonds is 9. The van der Waals surface area contributed by atoms with Gasteiger partial charge in [-0.25, -0.2) is 9.79 Å². The summed E-state index contributed by atoms with van der Waals surface area (Å²) in [4.78, 5) is 46.3. The van der Waals surface area contributed by atoms with Crippen molar-refractivity contribution in [3.63, 3.8) is 0 Å². The van der Waals surface area contributed by atoms with Crippen LogP contribution in [0.25, 0.3) is 6.08 Å². The van der Waals surface area contributed by atoms with Crippen molar-refractivity contribution < 1.29 is 19.1 Å². The second-order valence-corrected chi connectivity index (χ2v) is 12.0. The number of aromatic nitrogens is 2. The fraction of sp³-hybridized carbons (Fsp3) is 0.519. The molecule has 2 aromatic rings. The van der Waals surface area contributed by atoms with Crippen LogP contribution in [0.1, 0.15) is 66.9 Å². The third-order valence-corrected chi connectivity index (χ3v) is 8.64. The lowest BCUT2D eigenvalue weighted by atomic mass is 9.85. The lowest BCUT2D eigenvalue weighted by Gasteiger charge is -2.21. The molecule has 2 aromatic heterocycles. The van der Waals surface area contributed by atoms with Gasteiger partial charge in [-0.15, -0.1) is 11.3 Å². The normalized spacial score (nSPS) is 18.2. The van der Waals surface area contributed by atoms with Gasteiger partial charge in [0, 0.05) is 30.2 Å². The molecule has 0 unspecified atom stereocenters. The minimum absolute atomic E-state index is 0.0588. The molecule has 2 amide bonds. The molecule has 11 heteroatoms. The van der Waals surface area contributed by atoms with Crippen LogP contribution in [0.4, 0.5) is 5.00 Å². The Morgan fingerprint density at radius 2 is 2.13 bits per heavy atom. The van der Waals surface area contributed by atoms with E-state index in [9.17, 15) is 14.4 Å². The summed E-state index contributed by atoms with van der Waals surface area (Å²) < 4.78 is 6.99. The van der Waals surface area contributed by atoms with Crippen molar-refractivity contribution >= 4 is 57.1 Å². The zero-order valence-electron chi connectivity index (χ0n) is 22.6. The van der Waals surface area contributed by atoms with Gasteiger partial charge in [-0.2, -0.15) is 5.10 Å². The van der Waals surface area contributed by atoms with Gasteiger partial charge >= 0.3 is 5.97 Å². The number of carbonyl (C=O) groups is 3. The van der Waals surface area contributed by atoms with Crippen LogP contribution in [0.5, 0.6) is 0 Å². The van der Waals surface area contributed by atoms with Gasteiger partial charge in [0.15, 0.2) is 5.17 Å². The van der Waals surface area contributed by atoms with E-state index in [4.69, 9.17) is 4.74 Å². The van der Waals surface area contributed by atoms with Crippen LogP contribution in [0.15, 0.2) is 23.1 Å². The summed E-state index contributed by atoms with van der Waals surface area (Å²) in [7, 11) is 1.81. The van der Waals surface area contributed by atoms with E-state index in [1.54, 1.807) is 28.8 Å². The highest BCUT2D eigenvalue weighted by molar-refractivity contribution is 8.14. The summed E-state index contributed by atoms with van der Waals surface area (Å²) >= 11 is 2.70. The molecule has 0 saturated carbocycles. The monoisotopic (exact) mass is 557 g/mol. The highest BCUT2D eigenvalue weighted by Crippen LogP contribution is 2.41. The smallest absolute Gasteiger partial charge is 0.341 e. The van der Waals surface area contributed by atoms with Crippen molar-refractivity contribution in [2.24, 2.45) is 23.9 Å². The number of ether oxygens (including phenoxy) is 1. The molecule has 0 radical (unpaired) electrons. The second kappa shape index (κ2) is 12.3. The lowest BCUT2D eigenvalue weighted by Crippen LogP contribution is -2.34. The number of hydrogen-bond donors (Lipinski definition) is 1. The third kappa shape index (κ3) is 6.37. The van der Waals surface area contributed by atoms with Gasteiger partial charge in [0.1, 0.15) is 10.7 Å². The van der Waals surface area contributed by atoms with E-state index in [0.717, 1.165) is 41.7 Å². The zero-order chi connectivity index (χ0) is 27.4. The number of nitrogens with zero attached hydrogens (tertiary/aromatic N) is 4. The predicted molar refractivity (Wildman–Crippen MR) is 152 cm³/mol. The van der Waals surface area contributed by atoms with Crippen molar-refractivity contribution in [1.82, 2.24) is 14.7 Å². The van der Waals surface area contributed by atoms with Gasteiger partial charge in [0.2, 0.25) is 5.91 Å². The number of fused-ring (bicyclic) bond motifs is 1. The van der Waals surface area contributed by atoms with Crippen LogP contribution in [0.2, 0.25) is 0 Å². The van der Waals surface area contributed by atoms with E-state index in [-0.39, 0.29) is 36.1 Å². The Labute approximate surface area is 231 Å². The number of hydrogen-bond acceptors (Lipinski definition) is 8. The topological polar surface area (TPSA) is 106 Å². The first-order valence-corrected chi connectivity index (χ1v) is 14.8. The highest BCUT2D eigenvalue weighted by Gasteiger charge is 2.33. The number of aryl methyl sites for hydroxylation is 1. The predicted octanol–water partition coefficient (Wildman–Crippen LogP) is 4.74. The molecule has 9 nitrogen and oxygen atoms in total. The molecule has 38 heavy (non-hydrogen) atoms. The number of carbonyl (C=O) groups excluding carboxylic acids is 3. The van der Waals surface area contributed by atoms with Crippen molar-refractivity contribution in [3.8, 4) is 0 Å². The molecule has 204 valence electrons. The quantitative estimate of drug-likeness (QED) is 0.353. The number of thioether (sulfide) groups is 1. The van der Waals surface area contributed by atoms with Crippen molar-refractivity contribution in [1.29, 1.82) is 0 Å². The van der Waals surface area contributed by atoms with Gasteiger partial charge in [0.25, 0.3) is 5.91 Å². The molecule has 0 bridgehead atoms. The Hall–Kier alpha value is -2.92. The largest absolute Gasteiger partial charge is 0.462 e. The maximum Gasteiger partial charge on any atom is 0.341 e. The number of thiophene rings is 1. The summed E-state index contributed by atoms with van der Waals surface area (Å²) in [6, 6.07) is 0. The standard InChI is InChI=1S/C27H35N5O4S2/c1-6-17-8-9-19-21(11-17)38-24(23(19)26(35)36-7-2)30-22(33)15-37-27-29-20(10-18-12-28-31(5)14-18)25(34)32(27)13-16(3)4/h10,12,14,16-17H,6-9,11,13,15H2,1-5H3,(H,30,33)/b20-10+/t17-/m1/s1. The Kier molecular flexibility index (Phi) is 9.09. The Balaban J connectivity index is 1.50. The molecular formula is C27H35N5O4S2. The van der Waals surface area contributed by atoms with Gasteiger partial charge in [-0.1, -0.05) is 39.0 Å². The number of anilines is 1.